The van der Waals surface area contributed by atoms with E-state index in [4.69, 9.17) is 15.1 Å². The van der Waals surface area contributed by atoms with Crippen molar-refractivity contribution in [2.75, 3.05) is 13.2 Å². The molecule has 1 aromatic rings. The number of nitrogens with one attached hydrogen (secondary N) is 1. The fourth-order valence-corrected chi connectivity index (χ4v) is 1.63. The van der Waals surface area contributed by atoms with Crippen molar-refractivity contribution in [3.8, 4) is 11.8 Å². The zero-order valence-corrected chi connectivity index (χ0v) is 10.5. The van der Waals surface area contributed by atoms with Crippen LogP contribution in [0.3, 0.4) is 0 Å². The van der Waals surface area contributed by atoms with Gasteiger partial charge >= 0.3 is 0 Å². The van der Waals surface area contributed by atoms with Crippen LogP contribution in [0.2, 0.25) is 0 Å². The van der Waals surface area contributed by atoms with E-state index in [1.807, 2.05) is 0 Å². The maximum absolute atomic E-state index is 11.2. The molecule has 2 N–H and O–H groups in total. The number of ether oxygens (including phenoxy) is 1. The van der Waals surface area contributed by atoms with Crippen LogP contribution in [0.4, 0.5) is 0 Å². The minimum absolute atomic E-state index is 0.0349. The molecule has 0 saturated heterocycles. The van der Waals surface area contributed by atoms with Crippen LogP contribution in [0.15, 0.2) is 22.7 Å². The van der Waals surface area contributed by atoms with E-state index in [0.29, 0.717) is 10.2 Å². The number of hydrogen-bond acceptors (Lipinski definition) is 4. The molecular formula is C11H11BrN2O3. The number of nitriles is 1. The molecule has 1 aromatic carbocycles. The topological polar surface area (TPSA) is 82.4 Å². The average Bonchev–Trinajstić information content (AvgIpc) is 2.34. The molecule has 0 heterocycles. The monoisotopic (exact) mass is 298 g/mol. The third-order valence-electron chi connectivity index (χ3n) is 1.90. The van der Waals surface area contributed by atoms with Gasteiger partial charge in [0.25, 0.3) is 5.91 Å². The predicted molar refractivity (Wildman–Crippen MR) is 64.2 cm³/mol. The summed E-state index contributed by atoms with van der Waals surface area (Å²) in [4.78, 5) is 11.2. The van der Waals surface area contributed by atoms with Gasteiger partial charge in [0.1, 0.15) is 12.3 Å². The zero-order chi connectivity index (χ0) is 12.7. The highest BCUT2D eigenvalue weighted by Gasteiger charge is 2.05. The molecule has 0 spiro atoms. The van der Waals surface area contributed by atoms with Crippen LogP contribution in [0, 0.1) is 11.3 Å². The van der Waals surface area contributed by atoms with Crippen molar-refractivity contribution in [1.29, 1.82) is 5.26 Å². The Hall–Kier alpha value is -1.58. The Kier molecular flexibility index (Phi) is 5.46. The molecule has 0 fully saturated rings. The molecule has 0 radical (unpaired) electrons. The Morgan fingerprint density at radius 3 is 2.94 bits per heavy atom. The van der Waals surface area contributed by atoms with E-state index < -0.39 is 0 Å². The number of halogens is 1. The molecule has 0 saturated carbocycles. The second-order valence-corrected chi connectivity index (χ2v) is 4.00. The molecule has 1 rings (SSSR count). The average molecular weight is 299 g/mol. The summed E-state index contributed by atoms with van der Waals surface area (Å²) in [6.45, 7) is -0.243. The quantitative estimate of drug-likeness (QED) is 0.793. The van der Waals surface area contributed by atoms with E-state index >= 15 is 0 Å². The lowest BCUT2D eigenvalue weighted by molar-refractivity contribution is -0.122. The highest BCUT2D eigenvalue weighted by atomic mass is 79.9. The Bertz CT molecular complexity index is 443. The highest BCUT2D eigenvalue weighted by molar-refractivity contribution is 9.10. The van der Waals surface area contributed by atoms with Gasteiger partial charge in [-0.2, -0.15) is 5.26 Å². The van der Waals surface area contributed by atoms with Gasteiger partial charge < -0.3 is 15.2 Å². The molecule has 0 aliphatic carbocycles. The maximum atomic E-state index is 11.2. The third-order valence-corrected chi connectivity index (χ3v) is 2.52. The molecule has 0 bridgehead atoms. The first-order valence-corrected chi connectivity index (χ1v) is 5.62. The normalized spacial score (nSPS) is 9.47. The van der Waals surface area contributed by atoms with Gasteiger partial charge in [-0.25, -0.2) is 0 Å². The lowest BCUT2D eigenvalue weighted by atomic mass is 10.2. The van der Waals surface area contributed by atoms with Gasteiger partial charge in [0.05, 0.1) is 17.1 Å². The van der Waals surface area contributed by atoms with Crippen LogP contribution >= 0.6 is 15.9 Å². The molecule has 0 aromatic heterocycles. The SMILES string of the molecule is N#CCNC(=O)COc1ccc(CO)cc1Br. The smallest absolute Gasteiger partial charge is 0.258 e. The number of aliphatic hydroxyl groups is 1. The van der Waals surface area contributed by atoms with Gasteiger partial charge in [-0.05, 0) is 33.6 Å². The zero-order valence-electron chi connectivity index (χ0n) is 8.94. The summed E-state index contributed by atoms with van der Waals surface area (Å²) in [6.07, 6.45) is 0. The van der Waals surface area contributed by atoms with Crippen molar-refractivity contribution in [1.82, 2.24) is 5.32 Å². The summed E-state index contributed by atoms with van der Waals surface area (Å²) in [6, 6.07) is 6.87. The Labute approximate surface area is 107 Å². The molecule has 0 aliphatic heterocycles. The molecule has 0 atom stereocenters. The van der Waals surface area contributed by atoms with Crippen LogP contribution in [0.1, 0.15) is 5.56 Å². The number of aliphatic hydroxyl groups excluding tert-OH is 1. The Morgan fingerprint density at radius 1 is 1.59 bits per heavy atom. The summed E-state index contributed by atoms with van der Waals surface area (Å²) in [5, 5.41) is 19.5. The number of carbonyl (C=O) groups excluding carboxylic acids is 1. The minimum Gasteiger partial charge on any atom is -0.483 e. The van der Waals surface area contributed by atoms with Crippen LogP contribution in [-0.4, -0.2) is 24.2 Å². The second kappa shape index (κ2) is 6.89. The van der Waals surface area contributed by atoms with Crippen molar-refractivity contribution in [2.24, 2.45) is 0 Å². The summed E-state index contributed by atoms with van der Waals surface area (Å²) >= 11 is 3.27. The highest BCUT2D eigenvalue weighted by Crippen LogP contribution is 2.25. The lowest BCUT2D eigenvalue weighted by Gasteiger charge is -2.08. The van der Waals surface area contributed by atoms with E-state index in [-0.39, 0.29) is 25.7 Å². The van der Waals surface area contributed by atoms with Gasteiger partial charge in [0.15, 0.2) is 6.61 Å². The first-order valence-electron chi connectivity index (χ1n) is 4.83. The van der Waals surface area contributed by atoms with E-state index in [0.717, 1.165) is 5.56 Å². The Balaban J connectivity index is 2.52. The van der Waals surface area contributed by atoms with E-state index in [1.54, 1.807) is 24.3 Å². The first kappa shape index (κ1) is 13.5. The largest absolute Gasteiger partial charge is 0.483 e. The molecule has 17 heavy (non-hydrogen) atoms. The number of carbonyl (C=O) groups is 1. The molecule has 90 valence electrons. The van der Waals surface area contributed by atoms with Crippen LogP contribution < -0.4 is 10.1 Å². The standard InChI is InChI=1S/C11H11BrN2O3/c12-9-5-8(6-15)1-2-10(9)17-7-11(16)14-4-3-13/h1-2,5,15H,4,6-7H2,(H,14,16). The molecule has 1 amide bonds. The molecule has 6 heteroatoms. The predicted octanol–water partition coefficient (Wildman–Crippen LogP) is 0.960. The third kappa shape index (κ3) is 4.43. The van der Waals surface area contributed by atoms with Crippen LogP contribution in [0.5, 0.6) is 5.75 Å². The first-order chi connectivity index (χ1) is 8.17. The second-order valence-electron chi connectivity index (χ2n) is 3.15. The molecular weight excluding hydrogens is 288 g/mol. The molecule has 5 nitrogen and oxygen atoms in total. The summed E-state index contributed by atoms with van der Waals surface area (Å²) in [7, 11) is 0. The fourth-order valence-electron chi connectivity index (χ4n) is 1.09. The lowest BCUT2D eigenvalue weighted by Crippen LogP contribution is -2.29. The van der Waals surface area contributed by atoms with Crippen molar-refractivity contribution < 1.29 is 14.6 Å². The van der Waals surface area contributed by atoms with Gasteiger partial charge in [0, 0.05) is 0 Å². The van der Waals surface area contributed by atoms with E-state index in [2.05, 4.69) is 21.2 Å². The number of nitrogens with zero attached hydrogens (tertiary/aromatic N) is 1. The van der Waals surface area contributed by atoms with Crippen molar-refractivity contribution >= 4 is 21.8 Å². The van der Waals surface area contributed by atoms with Crippen LogP contribution in [-0.2, 0) is 11.4 Å². The summed E-state index contributed by atoms with van der Waals surface area (Å²) in [5.41, 5.74) is 0.748. The fraction of sp³-hybridized carbons (Fsp3) is 0.273. The van der Waals surface area contributed by atoms with Crippen molar-refractivity contribution in [3.63, 3.8) is 0 Å². The molecule has 0 aliphatic rings. The van der Waals surface area contributed by atoms with Crippen LogP contribution in [0.25, 0.3) is 0 Å². The number of benzene rings is 1. The van der Waals surface area contributed by atoms with Gasteiger partial charge in [-0.3, -0.25) is 4.79 Å². The Morgan fingerprint density at radius 2 is 2.35 bits per heavy atom. The number of rotatable bonds is 5. The van der Waals surface area contributed by atoms with Gasteiger partial charge in [0.2, 0.25) is 0 Å². The summed E-state index contributed by atoms with van der Waals surface area (Å²) in [5.74, 6) is 0.152. The maximum Gasteiger partial charge on any atom is 0.258 e. The number of hydrogen-bond donors (Lipinski definition) is 2. The van der Waals surface area contributed by atoms with Crippen molar-refractivity contribution in [2.45, 2.75) is 6.61 Å². The van der Waals surface area contributed by atoms with E-state index in [1.165, 1.54) is 0 Å². The van der Waals surface area contributed by atoms with Gasteiger partial charge in [-0.15, -0.1) is 0 Å². The molecule has 0 unspecified atom stereocenters. The number of amides is 1. The van der Waals surface area contributed by atoms with E-state index in [9.17, 15) is 4.79 Å². The van der Waals surface area contributed by atoms with Gasteiger partial charge in [-0.1, -0.05) is 6.07 Å². The summed E-state index contributed by atoms with van der Waals surface area (Å²) < 4.78 is 5.91. The van der Waals surface area contributed by atoms with Crippen molar-refractivity contribution in [3.05, 3.63) is 28.2 Å². The minimum atomic E-state index is -0.357.